The summed E-state index contributed by atoms with van der Waals surface area (Å²) < 4.78 is 0. The Bertz CT molecular complexity index is 426. The number of carbonyl (C=O) groups excluding carboxylic acids is 1. The Labute approximate surface area is 111 Å². The van der Waals surface area contributed by atoms with E-state index in [1.54, 1.807) is 24.3 Å². The molecule has 1 aliphatic carbocycles. The lowest BCUT2D eigenvalue weighted by atomic mass is 10.1. The fourth-order valence-electron chi connectivity index (χ4n) is 2.31. The lowest BCUT2D eigenvalue weighted by molar-refractivity contribution is 0.000965. The second-order valence-electron chi connectivity index (χ2n) is 4.73. The second-order valence-corrected chi connectivity index (χ2v) is 4.73. The monoisotopic (exact) mass is 266 g/mol. The van der Waals surface area contributed by atoms with Crippen LogP contribution in [0.5, 0.6) is 0 Å². The van der Waals surface area contributed by atoms with E-state index in [0.717, 1.165) is 0 Å². The number of rotatable bonds is 3. The van der Waals surface area contributed by atoms with Crippen LogP contribution >= 0.6 is 0 Å². The molecule has 1 aliphatic rings. The van der Waals surface area contributed by atoms with Crippen molar-refractivity contribution in [1.82, 2.24) is 5.32 Å². The number of hydrogen-bond donors (Lipinski definition) is 5. The average molecular weight is 266 g/mol. The molecule has 1 aromatic rings. The Hall–Kier alpha value is -1.63. The van der Waals surface area contributed by atoms with Crippen LogP contribution in [0.25, 0.3) is 0 Å². The van der Waals surface area contributed by atoms with Crippen molar-refractivity contribution in [1.29, 1.82) is 0 Å². The smallest absolute Gasteiger partial charge is 0.319 e. The Balaban J connectivity index is 1.89. The maximum atomic E-state index is 11.7. The highest BCUT2D eigenvalue weighted by Gasteiger charge is 2.41. The van der Waals surface area contributed by atoms with E-state index >= 15 is 0 Å². The quantitative estimate of drug-likeness (QED) is 0.527. The number of nitrogens with one attached hydrogen (secondary N) is 2. The van der Waals surface area contributed by atoms with E-state index in [9.17, 15) is 15.0 Å². The van der Waals surface area contributed by atoms with E-state index in [2.05, 4.69) is 10.6 Å². The zero-order valence-corrected chi connectivity index (χ0v) is 10.4. The van der Waals surface area contributed by atoms with Crippen molar-refractivity contribution < 1.29 is 20.1 Å². The lowest BCUT2D eigenvalue weighted by Gasteiger charge is -2.18. The van der Waals surface area contributed by atoms with Gasteiger partial charge in [0, 0.05) is 18.2 Å². The van der Waals surface area contributed by atoms with Crippen LogP contribution in [-0.2, 0) is 0 Å². The molecule has 6 heteroatoms. The summed E-state index contributed by atoms with van der Waals surface area (Å²) in [6.07, 6.45) is -1.72. The molecular weight excluding hydrogens is 248 g/mol. The minimum Gasteiger partial charge on any atom is -0.396 e. The molecule has 0 aliphatic heterocycles. The highest BCUT2D eigenvalue weighted by atomic mass is 16.3. The van der Waals surface area contributed by atoms with Crippen LogP contribution in [0.1, 0.15) is 6.42 Å². The topological polar surface area (TPSA) is 102 Å². The zero-order valence-electron chi connectivity index (χ0n) is 10.4. The maximum absolute atomic E-state index is 11.7. The summed E-state index contributed by atoms with van der Waals surface area (Å²) in [5.41, 5.74) is 0.645. The van der Waals surface area contributed by atoms with Gasteiger partial charge in [0.15, 0.2) is 0 Å². The molecule has 0 aromatic heterocycles. The van der Waals surface area contributed by atoms with Gasteiger partial charge in [-0.25, -0.2) is 4.79 Å². The summed E-state index contributed by atoms with van der Waals surface area (Å²) in [4.78, 5) is 11.7. The van der Waals surface area contributed by atoms with Crippen LogP contribution in [0, 0.1) is 5.92 Å². The minimum atomic E-state index is -1.06. The van der Waals surface area contributed by atoms with Crippen molar-refractivity contribution in [3.8, 4) is 0 Å². The van der Waals surface area contributed by atoms with Gasteiger partial charge in [-0.1, -0.05) is 18.2 Å². The molecule has 5 N–H and O–H groups in total. The molecule has 2 amide bonds. The Kier molecular flexibility index (Phi) is 4.36. The summed E-state index contributed by atoms with van der Waals surface area (Å²) in [6.45, 7) is -0.212. The van der Waals surface area contributed by atoms with Gasteiger partial charge in [0.1, 0.15) is 6.10 Å². The van der Waals surface area contributed by atoms with Crippen molar-refractivity contribution in [2.24, 2.45) is 5.92 Å². The molecule has 0 bridgehead atoms. The lowest BCUT2D eigenvalue weighted by Crippen LogP contribution is -2.44. The minimum absolute atomic E-state index is 0.212. The third-order valence-corrected chi connectivity index (χ3v) is 3.38. The third kappa shape index (κ3) is 3.23. The molecule has 0 unspecified atom stereocenters. The summed E-state index contributed by atoms with van der Waals surface area (Å²) in [5, 5.41) is 33.7. The number of carbonyl (C=O) groups is 1. The van der Waals surface area contributed by atoms with Crippen molar-refractivity contribution in [3.05, 3.63) is 30.3 Å². The first-order valence-corrected chi connectivity index (χ1v) is 6.21. The van der Waals surface area contributed by atoms with Gasteiger partial charge in [-0.3, -0.25) is 0 Å². The third-order valence-electron chi connectivity index (χ3n) is 3.38. The van der Waals surface area contributed by atoms with Gasteiger partial charge in [0.2, 0.25) is 0 Å². The number of aliphatic hydroxyl groups excluding tert-OH is 3. The van der Waals surface area contributed by atoms with E-state index in [4.69, 9.17) is 5.11 Å². The highest BCUT2D eigenvalue weighted by molar-refractivity contribution is 5.89. The molecule has 2 rings (SSSR count). The van der Waals surface area contributed by atoms with Gasteiger partial charge < -0.3 is 26.0 Å². The van der Waals surface area contributed by atoms with Gasteiger partial charge in [-0.2, -0.15) is 0 Å². The standard InChI is InChI=1S/C13H18N2O4/c16-7-8-6-10(12(18)11(8)17)15-13(19)14-9-4-2-1-3-5-9/h1-5,8,10-12,16-18H,6-7H2,(H2,14,15,19)/t8-,10-,11-,12+/m1/s1. The first-order chi connectivity index (χ1) is 9.11. The molecule has 1 fully saturated rings. The molecule has 0 radical (unpaired) electrons. The second kappa shape index (κ2) is 6.01. The first-order valence-electron chi connectivity index (χ1n) is 6.21. The van der Waals surface area contributed by atoms with Gasteiger partial charge in [-0.15, -0.1) is 0 Å². The number of para-hydroxylation sites is 1. The summed E-state index contributed by atoms with van der Waals surface area (Å²) in [5.74, 6) is -0.406. The number of anilines is 1. The largest absolute Gasteiger partial charge is 0.396 e. The number of benzene rings is 1. The van der Waals surface area contributed by atoms with E-state index in [1.165, 1.54) is 0 Å². The molecule has 0 spiro atoms. The normalized spacial score (nSPS) is 30.1. The molecule has 1 saturated carbocycles. The number of amides is 2. The van der Waals surface area contributed by atoms with E-state index in [-0.39, 0.29) is 6.61 Å². The number of hydrogen-bond acceptors (Lipinski definition) is 4. The van der Waals surface area contributed by atoms with E-state index < -0.39 is 30.2 Å². The molecule has 4 atom stereocenters. The number of aliphatic hydroxyl groups is 3. The van der Waals surface area contributed by atoms with Crippen molar-refractivity contribution in [3.63, 3.8) is 0 Å². The van der Waals surface area contributed by atoms with Gasteiger partial charge in [-0.05, 0) is 18.6 Å². The van der Waals surface area contributed by atoms with E-state index in [0.29, 0.717) is 12.1 Å². The van der Waals surface area contributed by atoms with Crippen molar-refractivity contribution >= 4 is 11.7 Å². The van der Waals surface area contributed by atoms with Crippen molar-refractivity contribution in [2.75, 3.05) is 11.9 Å². The molecule has 0 saturated heterocycles. The van der Waals surface area contributed by atoms with Crippen LogP contribution in [0.4, 0.5) is 10.5 Å². The van der Waals surface area contributed by atoms with Crippen LogP contribution in [0.2, 0.25) is 0 Å². The predicted octanol–water partition coefficient (Wildman–Crippen LogP) is -0.0893. The van der Waals surface area contributed by atoms with Gasteiger partial charge in [0.25, 0.3) is 0 Å². The molecule has 19 heavy (non-hydrogen) atoms. The van der Waals surface area contributed by atoms with Crippen LogP contribution in [-0.4, -0.2) is 46.2 Å². The summed E-state index contributed by atoms with van der Waals surface area (Å²) in [6, 6.07) is 7.92. The predicted molar refractivity (Wildman–Crippen MR) is 69.6 cm³/mol. The summed E-state index contributed by atoms with van der Waals surface area (Å²) >= 11 is 0. The van der Waals surface area contributed by atoms with Crippen LogP contribution in [0.15, 0.2) is 30.3 Å². The fourth-order valence-corrected chi connectivity index (χ4v) is 2.31. The fraction of sp³-hybridized carbons (Fsp3) is 0.462. The average Bonchev–Trinajstić information content (AvgIpc) is 2.67. The van der Waals surface area contributed by atoms with Crippen LogP contribution in [0.3, 0.4) is 0 Å². The zero-order chi connectivity index (χ0) is 13.8. The Morgan fingerprint density at radius 3 is 2.47 bits per heavy atom. The molecule has 104 valence electrons. The molecule has 0 heterocycles. The highest BCUT2D eigenvalue weighted by Crippen LogP contribution is 2.26. The molecule has 6 nitrogen and oxygen atoms in total. The SMILES string of the molecule is O=C(Nc1ccccc1)N[C@@H]1C[C@H](CO)[C@@H](O)[C@H]1O. The van der Waals surface area contributed by atoms with E-state index in [1.807, 2.05) is 6.07 Å². The maximum Gasteiger partial charge on any atom is 0.319 e. The van der Waals surface area contributed by atoms with Crippen LogP contribution < -0.4 is 10.6 Å². The first kappa shape index (κ1) is 13.8. The van der Waals surface area contributed by atoms with Gasteiger partial charge >= 0.3 is 6.03 Å². The molecule has 1 aromatic carbocycles. The van der Waals surface area contributed by atoms with Gasteiger partial charge in [0.05, 0.1) is 12.1 Å². The van der Waals surface area contributed by atoms with Crippen molar-refractivity contribution in [2.45, 2.75) is 24.7 Å². The number of urea groups is 1. The Morgan fingerprint density at radius 2 is 1.89 bits per heavy atom. The Morgan fingerprint density at radius 1 is 1.21 bits per heavy atom. The summed E-state index contributed by atoms with van der Waals surface area (Å²) in [7, 11) is 0. The molecular formula is C13H18N2O4.